The van der Waals surface area contributed by atoms with Crippen molar-refractivity contribution in [2.45, 2.75) is 25.6 Å². The summed E-state index contributed by atoms with van der Waals surface area (Å²) in [6, 6.07) is 5.33. The lowest BCUT2D eigenvalue weighted by atomic mass is 10.1. The lowest BCUT2D eigenvalue weighted by Gasteiger charge is -2.38. The summed E-state index contributed by atoms with van der Waals surface area (Å²) >= 11 is 0. The lowest BCUT2D eigenvalue weighted by molar-refractivity contribution is 0.143. The third-order valence-corrected chi connectivity index (χ3v) is 3.27. The number of nitrogens with one attached hydrogen (secondary N) is 1. The summed E-state index contributed by atoms with van der Waals surface area (Å²) in [6.07, 6.45) is 3.75. The van der Waals surface area contributed by atoms with Gasteiger partial charge >= 0.3 is 0 Å². The number of hydrogen-bond donors (Lipinski definition) is 1. The molecule has 0 amide bonds. The number of rotatable bonds is 4. The van der Waals surface area contributed by atoms with Crippen LogP contribution in [0.5, 0.6) is 0 Å². The van der Waals surface area contributed by atoms with Crippen molar-refractivity contribution in [2.24, 2.45) is 0 Å². The van der Waals surface area contributed by atoms with Gasteiger partial charge in [-0.25, -0.2) is 0 Å². The highest BCUT2D eigenvalue weighted by atomic mass is 15.2. The smallest absolute Gasteiger partial charge is 0.0325 e. The molecule has 1 aliphatic rings. The number of nitrogens with zero attached hydrogens (tertiary/aromatic N) is 3. The molecule has 2 heterocycles. The van der Waals surface area contributed by atoms with Crippen LogP contribution in [-0.4, -0.2) is 60.6 Å². The number of piperazine rings is 1. The first-order valence-electron chi connectivity index (χ1n) is 6.65. The van der Waals surface area contributed by atoms with Gasteiger partial charge in [-0.05, 0) is 38.7 Å². The van der Waals surface area contributed by atoms with Crippen molar-refractivity contribution in [1.82, 2.24) is 20.1 Å². The molecule has 2 unspecified atom stereocenters. The topological polar surface area (TPSA) is 31.4 Å². The van der Waals surface area contributed by atoms with Crippen LogP contribution in [0.15, 0.2) is 24.5 Å². The van der Waals surface area contributed by atoms with Gasteiger partial charge in [0.05, 0.1) is 0 Å². The zero-order valence-corrected chi connectivity index (χ0v) is 11.6. The molecule has 1 saturated heterocycles. The van der Waals surface area contributed by atoms with Crippen molar-refractivity contribution in [1.29, 1.82) is 0 Å². The Morgan fingerprint density at radius 3 is 2.72 bits per heavy atom. The van der Waals surface area contributed by atoms with Gasteiger partial charge < -0.3 is 10.2 Å². The van der Waals surface area contributed by atoms with Gasteiger partial charge in [0.15, 0.2) is 0 Å². The molecule has 2 rings (SSSR count). The van der Waals surface area contributed by atoms with Crippen molar-refractivity contribution in [3.05, 3.63) is 30.1 Å². The van der Waals surface area contributed by atoms with Crippen LogP contribution in [-0.2, 0) is 6.54 Å². The van der Waals surface area contributed by atoms with Crippen LogP contribution < -0.4 is 5.32 Å². The van der Waals surface area contributed by atoms with Gasteiger partial charge in [-0.2, -0.15) is 0 Å². The van der Waals surface area contributed by atoms with Gasteiger partial charge in [0.2, 0.25) is 0 Å². The number of likely N-dealkylation sites (N-methyl/N-ethyl adjacent to an activating group) is 1. The van der Waals surface area contributed by atoms with Crippen molar-refractivity contribution in [3.63, 3.8) is 0 Å². The van der Waals surface area contributed by atoms with E-state index in [1.165, 1.54) is 5.56 Å². The fraction of sp³-hybridized carbons (Fsp3) is 0.643. The summed E-state index contributed by atoms with van der Waals surface area (Å²) in [7, 11) is 4.27. The Kier molecular flexibility index (Phi) is 4.69. The summed E-state index contributed by atoms with van der Waals surface area (Å²) in [4.78, 5) is 8.85. The van der Waals surface area contributed by atoms with Gasteiger partial charge in [-0.15, -0.1) is 0 Å². The summed E-state index contributed by atoms with van der Waals surface area (Å²) in [6.45, 7) is 6.62. The van der Waals surface area contributed by atoms with Gasteiger partial charge in [0, 0.05) is 50.7 Å². The SMILES string of the molecule is CC1CN(Cc2ccncc2)CC(CN(C)C)N1. The van der Waals surface area contributed by atoms with Crippen molar-refractivity contribution < 1.29 is 0 Å². The van der Waals surface area contributed by atoms with E-state index >= 15 is 0 Å². The molecule has 1 fully saturated rings. The Hall–Kier alpha value is -0.970. The molecule has 1 aromatic rings. The molecule has 0 bridgehead atoms. The molecule has 1 aliphatic heterocycles. The maximum atomic E-state index is 4.07. The van der Waals surface area contributed by atoms with Gasteiger partial charge in [-0.1, -0.05) is 0 Å². The van der Waals surface area contributed by atoms with E-state index in [4.69, 9.17) is 0 Å². The van der Waals surface area contributed by atoms with E-state index in [9.17, 15) is 0 Å². The molecule has 0 saturated carbocycles. The predicted molar refractivity (Wildman–Crippen MR) is 74.5 cm³/mol. The fourth-order valence-electron chi connectivity index (χ4n) is 2.71. The molecular weight excluding hydrogens is 224 g/mol. The van der Waals surface area contributed by atoms with Crippen molar-refractivity contribution in [3.8, 4) is 0 Å². The zero-order chi connectivity index (χ0) is 13.0. The van der Waals surface area contributed by atoms with Crippen molar-refractivity contribution in [2.75, 3.05) is 33.7 Å². The Bertz CT molecular complexity index is 350. The standard InChI is InChI=1S/C14H24N4/c1-12-8-18(9-13-4-6-15-7-5-13)11-14(16-12)10-17(2)3/h4-7,12,14,16H,8-11H2,1-3H3. The Balaban J connectivity index is 1.92. The van der Waals surface area contributed by atoms with Gasteiger partial charge in [-0.3, -0.25) is 9.88 Å². The second-order valence-electron chi connectivity index (χ2n) is 5.58. The lowest BCUT2D eigenvalue weighted by Crippen LogP contribution is -2.57. The number of hydrogen-bond acceptors (Lipinski definition) is 4. The van der Waals surface area contributed by atoms with E-state index in [2.05, 4.69) is 53.3 Å². The van der Waals surface area contributed by atoms with Crippen LogP contribution >= 0.6 is 0 Å². The minimum absolute atomic E-state index is 0.561. The quantitative estimate of drug-likeness (QED) is 0.854. The Morgan fingerprint density at radius 2 is 2.06 bits per heavy atom. The molecule has 0 spiro atoms. The van der Waals surface area contributed by atoms with Crippen LogP contribution in [0.3, 0.4) is 0 Å². The second kappa shape index (κ2) is 6.27. The van der Waals surface area contributed by atoms with Gasteiger partial charge in [0.25, 0.3) is 0 Å². The highest BCUT2D eigenvalue weighted by molar-refractivity contribution is 5.09. The Morgan fingerprint density at radius 1 is 1.33 bits per heavy atom. The van der Waals surface area contributed by atoms with E-state index in [-0.39, 0.29) is 0 Å². The summed E-state index contributed by atoms with van der Waals surface area (Å²) in [5.74, 6) is 0. The molecule has 100 valence electrons. The summed E-state index contributed by atoms with van der Waals surface area (Å²) < 4.78 is 0. The first-order valence-corrected chi connectivity index (χ1v) is 6.65. The van der Waals surface area contributed by atoms with E-state index in [0.29, 0.717) is 12.1 Å². The van der Waals surface area contributed by atoms with Crippen LogP contribution in [0, 0.1) is 0 Å². The molecule has 0 aromatic carbocycles. The summed E-state index contributed by atoms with van der Waals surface area (Å²) in [5, 5.41) is 3.67. The first kappa shape index (κ1) is 13.5. The minimum Gasteiger partial charge on any atom is -0.308 e. The minimum atomic E-state index is 0.561. The average molecular weight is 248 g/mol. The van der Waals surface area contributed by atoms with Crippen LogP contribution in [0.4, 0.5) is 0 Å². The van der Waals surface area contributed by atoms with Crippen LogP contribution in [0.1, 0.15) is 12.5 Å². The molecule has 1 N–H and O–H groups in total. The first-order chi connectivity index (χ1) is 8.63. The van der Waals surface area contributed by atoms with E-state index in [1.807, 2.05) is 12.4 Å². The third kappa shape index (κ3) is 4.05. The largest absolute Gasteiger partial charge is 0.308 e. The maximum Gasteiger partial charge on any atom is 0.0325 e. The highest BCUT2D eigenvalue weighted by Gasteiger charge is 2.24. The molecule has 1 aromatic heterocycles. The predicted octanol–water partition coefficient (Wildman–Crippen LogP) is 0.805. The molecular formula is C14H24N4. The van der Waals surface area contributed by atoms with Crippen LogP contribution in [0.2, 0.25) is 0 Å². The third-order valence-electron chi connectivity index (χ3n) is 3.27. The van der Waals surface area contributed by atoms with Gasteiger partial charge in [0.1, 0.15) is 0 Å². The molecule has 4 nitrogen and oxygen atoms in total. The maximum absolute atomic E-state index is 4.07. The van der Waals surface area contributed by atoms with Crippen LogP contribution in [0.25, 0.3) is 0 Å². The average Bonchev–Trinajstić information content (AvgIpc) is 2.28. The Labute approximate surface area is 110 Å². The number of pyridine rings is 1. The fourth-order valence-corrected chi connectivity index (χ4v) is 2.71. The molecule has 0 radical (unpaired) electrons. The normalized spacial score (nSPS) is 25.6. The summed E-state index contributed by atoms with van der Waals surface area (Å²) in [5.41, 5.74) is 1.35. The molecule has 18 heavy (non-hydrogen) atoms. The number of aromatic nitrogens is 1. The highest BCUT2D eigenvalue weighted by Crippen LogP contribution is 2.10. The second-order valence-corrected chi connectivity index (χ2v) is 5.58. The van der Waals surface area contributed by atoms with Crippen molar-refractivity contribution >= 4 is 0 Å². The zero-order valence-electron chi connectivity index (χ0n) is 11.6. The monoisotopic (exact) mass is 248 g/mol. The molecule has 4 heteroatoms. The van der Waals surface area contributed by atoms with E-state index < -0.39 is 0 Å². The van der Waals surface area contributed by atoms with E-state index in [0.717, 1.165) is 26.2 Å². The molecule has 2 atom stereocenters. The molecule has 0 aliphatic carbocycles. The van der Waals surface area contributed by atoms with E-state index in [1.54, 1.807) is 0 Å².